The van der Waals surface area contributed by atoms with E-state index in [2.05, 4.69) is 0 Å². The van der Waals surface area contributed by atoms with Gasteiger partial charge in [0.05, 0.1) is 11.5 Å². The van der Waals surface area contributed by atoms with Gasteiger partial charge in [0, 0.05) is 12.1 Å². The Morgan fingerprint density at radius 1 is 1.50 bits per heavy atom. The third kappa shape index (κ3) is 4.18. The molecule has 1 aromatic carbocycles. The SMILES string of the molecule is CC(C)CCCOc1cc(F)c(C(=O)O)cc1[N+](=O)[O-]. The number of hydrogen-bond donors (Lipinski definition) is 1. The van der Waals surface area contributed by atoms with E-state index < -0.39 is 28.0 Å². The molecule has 6 nitrogen and oxygen atoms in total. The van der Waals surface area contributed by atoms with Crippen molar-refractivity contribution in [2.45, 2.75) is 26.7 Å². The molecular weight excluding hydrogens is 269 g/mol. The van der Waals surface area contributed by atoms with Crippen LogP contribution in [0.2, 0.25) is 0 Å². The van der Waals surface area contributed by atoms with Gasteiger partial charge in [0.25, 0.3) is 0 Å². The van der Waals surface area contributed by atoms with E-state index in [9.17, 15) is 19.3 Å². The van der Waals surface area contributed by atoms with E-state index in [1.165, 1.54) is 0 Å². The highest BCUT2D eigenvalue weighted by Gasteiger charge is 2.22. The van der Waals surface area contributed by atoms with E-state index in [0.717, 1.165) is 12.5 Å². The van der Waals surface area contributed by atoms with Crippen LogP contribution in [-0.4, -0.2) is 22.6 Å². The Balaban J connectivity index is 2.92. The average Bonchev–Trinajstić information content (AvgIpc) is 2.33. The second-order valence-electron chi connectivity index (χ2n) is 4.75. The van der Waals surface area contributed by atoms with Gasteiger partial charge in [-0.25, -0.2) is 9.18 Å². The molecule has 0 fully saturated rings. The van der Waals surface area contributed by atoms with Crippen molar-refractivity contribution in [3.8, 4) is 5.75 Å². The van der Waals surface area contributed by atoms with Crippen molar-refractivity contribution in [2.24, 2.45) is 5.92 Å². The summed E-state index contributed by atoms with van der Waals surface area (Å²) in [5, 5.41) is 19.6. The minimum atomic E-state index is -1.56. The third-order valence-corrected chi connectivity index (χ3v) is 2.66. The Labute approximate surface area is 115 Å². The molecule has 1 rings (SSSR count). The minimum absolute atomic E-state index is 0.213. The Bertz CT molecular complexity index is 516. The Morgan fingerprint density at radius 3 is 2.65 bits per heavy atom. The van der Waals surface area contributed by atoms with Crippen LogP contribution in [0.15, 0.2) is 12.1 Å². The monoisotopic (exact) mass is 285 g/mol. The molecule has 1 aromatic rings. The molecule has 7 heteroatoms. The Morgan fingerprint density at radius 2 is 2.15 bits per heavy atom. The lowest BCUT2D eigenvalue weighted by Gasteiger charge is -2.09. The summed E-state index contributed by atoms with van der Waals surface area (Å²) in [6.07, 6.45) is 1.56. The van der Waals surface area contributed by atoms with Gasteiger partial charge in [0.1, 0.15) is 11.4 Å². The van der Waals surface area contributed by atoms with Crippen LogP contribution in [0.4, 0.5) is 10.1 Å². The molecule has 0 saturated carbocycles. The topological polar surface area (TPSA) is 89.7 Å². The molecule has 20 heavy (non-hydrogen) atoms. The van der Waals surface area contributed by atoms with Crippen LogP contribution in [0, 0.1) is 21.8 Å². The molecule has 110 valence electrons. The number of rotatable bonds is 7. The summed E-state index contributed by atoms with van der Waals surface area (Å²) in [6.45, 7) is 4.28. The molecule has 0 heterocycles. The van der Waals surface area contributed by atoms with E-state index in [0.29, 0.717) is 18.4 Å². The molecule has 0 aliphatic heterocycles. The van der Waals surface area contributed by atoms with Gasteiger partial charge < -0.3 is 9.84 Å². The molecule has 0 aliphatic carbocycles. The number of ether oxygens (including phenoxy) is 1. The highest BCUT2D eigenvalue weighted by Crippen LogP contribution is 2.30. The summed E-state index contributed by atoms with van der Waals surface area (Å²) in [4.78, 5) is 20.8. The van der Waals surface area contributed by atoms with Gasteiger partial charge >= 0.3 is 11.7 Å². The van der Waals surface area contributed by atoms with Gasteiger partial charge in [-0.15, -0.1) is 0 Å². The van der Waals surface area contributed by atoms with Gasteiger partial charge in [0.2, 0.25) is 0 Å². The molecule has 0 radical (unpaired) electrons. The van der Waals surface area contributed by atoms with Crippen molar-refractivity contribution in [3.05, 3.63) is 33.6 Å². The second-order valence-corrected chi connectivity index (χ2v) is 4.75. The van der Waals surface area contributed by atoms with Crippen molar-refractivity contribution >= 4 is 11.7 Å². The first-order chi connectivity index (χ1) is 9.32. The summed E-state index contributed by atoms with van der Waals surface area (Å²) < 4.78 is 18.7. The standard InChI is InChI=1S/C13H16FNO5/c1-8(2)4-3-5-20-12-7-10(14)9(13(16)17)6-11(12)15(18)19/h6-8H,3-5H2,1-2H3,(H,16,17). The normalized spacial score (nSPS) is 10.6. The number of hydrogen-bond acceptors (Lipinski definition) is 4. The molecule has 0 aliphatic rings. The van der Waals surface area contributed by atoms with Gasteiger partial charge in [-0.1, -0.05) is 13.8 Å². The van der Waals surface area contributed by atoms with Crippen LogP contribution in [0.3, 0.4) is 0 Å². The third-order valence-electron chi connectivity index (χ3n) is 2.66. The zero-order valence-electron chi connectivity index (χ0n) is 11.3. The number of benzene rings is 1. The molecule has 0 saturated heterocycles. The van der Waals surface area contributed by atoms with Gasteiger partial charge in [-0.05, 0) is 18.8 Å². The minimum Gasteiger partial charge on any atom is -0.487 e. The molecule has 0 amide bonds. The molecule has 0 atom stereocenters. The maximum atomic E-state index is 13.5. The van der Waals surface area contributed by atoms with Crippen molar-refractivity contribution < 1.29 is 24.0 Å². The number of aromatic carboxylic acids is 1. The zero-order chi connectivity index (χ0) is 15.3. The molecular formula is C13H16FNO5. The molecule has 0 unspecified atom stereocenters. The lowest BCUT2D eigenvalue weighted by atomic mass is 10.1. The van der Waals surface area contributed by atoms with Crippen LogP contribution in [-0.2, 0) is 0 Å². The number of nitro benzene ring substituents is 1. The fourth-order valence-electron chi connectivity index (χ4n) is 1.64. The predicted molar refractivity (Wildman–Crippen MR) is 69.6 cm³/mol. The van der Waals surface area contributed by atoms with Gasteiger partial charge in [-0.3, -0.25) is 10.1 Å². The number of carbonyl (C=O) groups is 1. The number of nitro groups is 1. The zero-order valence-corrected chi connectivity index (χ0v) is 11.3. The van der Waals surface area contributed by atoms with Crippen LogP contribution >= 0.6 is 0 Å². The van der Waals surface area contributed by atoms with E-state index in [-0.39, 0.29) is 12.4 Å². The van der Waals surface area contributed by atoms with Crippen molar-refractivity contribution in [1.29, 1.82) is 0 Å². The maximum absolute atomic E-state index is 13.5. The highest BCUT2D eigenvalue weighted by molar-refractivity contribution is 5.89. The van der Waals surface area contributed by atoms with Crippen molar-refractivity contribution in [1.82, 2.24) is 0 Å². The molecule has 0 bridgehead atoms. The van der Waals surface area contributed by atoms with Gasteiger partial charge in [-0.2, -0.15) is 0 Å². The summed E-state index contributed by atoms with van der Waals surface area (Å²) in [5.74, 6) is -2.39. The average molecular weight is 285 g/mol. The smallest absolute Gasteiger partial charge is 0.338 e. The number of carboxylic acid groups (broad SMARTS) is 1. The van der Waals surface area contributed by atoms with E-state index in [4.69, 9.17) is 9.84 Å². The first-order valence-electron chi connectivity index (χ1n) is 6.17. The maximum Gasteiger partial charge on any atom is 0.338 e. The Hall–Kier alpha value is -2.18. The van der Waals surface area contributed by atoms with Crippen LogP contribution in [0.25, 0.3) is 0 Å². The number of nitrogens with zero attached hydrogens (tertiary/aromatic N) is 1. The quantitative estimate of drug-likeness (QED) is 0.472. The number of carboxylic acids is 1. The lowest BCUT2D eigenvalue weighted by Crippen LogP contribution is -2.06. The highest BCUT2D eigenvalue weighted by atomic mass is 19.1. The van der Waals surface area contributed by atoms with E-state index in [1.807, 2.05) is 13.8 Å². The second kappa shape index (κ2) is 6.83. The largest absolute Gasteiger partial charge is 0.487 e. The van der Waals surface area contributed by atoms with Crippen molar-refractivity contribution in [3.63, 3.8) is 0 Å². The summed E-state index contributed by atoms with van der Waals surface area (Å²) in [6, 6.07) is 1.42. The number of halogens is 1. The molecule has 1 N–H and O–H groups in total. The lowest BCUT2D eigenvalue weighted by molar-refractivity contribution is -0.386. The first-order valence-corrected chi connectivity index (χ1v) is 6.17. The molecule has 0 aromatic heterocycles. The fourth-order valence-corrected chi connectivity index (χ4v) is 1.64. The predicted octanol–water partition coefficient (Wildman–Crippen LogP) is 3.25. The van der Waals surface area contributed by atoms with Crippen LogP contribution in [0.5, 0.6) is 5.75 Å². The van der Waals surface area contributed by atoms with Crippen LogP contribution in [0.1, 0.15) is 37.0 Å². The fraction of sp³-hybridized carbons (Fsp3) is 0.462. The van der Waals surface area contributed by atoms with Gasteiger partial charge in [0.15, 0.2) is 5.75 Å². The Kier molecular flexibility index (Phi) is 5.42. The summed E-state index contributed by atoms with van der Waals surface area (Å²) in [7, 11) is 0. The van der Waals surface area contributed by atoms with Crippen LogP contribution < -0.4 is 4.74 Å². The van der Waals surface area contributed by atoms with E-state index >= 15 is 0 Å². The first kappa shape index (κ1) is 15.9. The van der Waals surface area contributed by atoms with E-state index in [1.54, 1.807) is 0 Å². The molecule has 0 spiro atoms. The van der Waals surface area contributed by atoms with Crippen molar-refractivity contribution in [2.75, 3.05) is 6.61 Å². The summed E-state index contributed by atoms with van der Waals surface area (Å²) in [5.41, 5.74) is -1.29. The summed E-state index contributed by atoms with van der Waals surface area (Å²) >= 11 is 0.